The van der Waals surface area contributed by atoms with Crippen LogP contribution in [0, 0.1) is 0 Å². The molecular weight excluding hydrogens is 264 g/mol. The van der Waals surface area contributed by atoms with Crippen molar-refractivity contribution in [3.63, 3.8) is 0 Å². The third-order valence-electron chi connectivity index (χ3n) is 4.91. The largest absolute Gasteiger partial charge is 0.426 e. The molecule has 3 rings (SSSR count). The third kappa shape index (κ3) is 3.21. The molecule has 0 aromatic heterocycles. The number of piperazine rings is 1. The summed E-state index contributed by atoms with van der Waals surface area (Å²) in [5, 5.41) is 0. The van der Waals surface area contributed by atoms with E-state index in [0.717, 1.165) is 13.1 Å². The number of benzene rings is 1. The fourth-order valence-electron chi connectivity index (χ4n) is 3.55. The Kier molecular flexibility index (Phi) is 4.15. The number of nitrogens with zero attached hydrogens (tertiary/aromatic N) is 2. The van der Waals surface area contributed by atoms with E-state index in [9.17, 15) is 4.79 Å². The summed E-state index contributed by atoms with van der Waals surface area (Å²) >= 11 is 0. The molecule has 0 aliphatic carbocycles. The summed E-state index contributed by atoms with van der Waals surface area (Å²) in [6, 6.07) is 7.94. The van der Waals surface area contributed by atoms with Gasteiger partial charge in [-0.05, 0) is 12.1 Å². The van der Waals surface area contributed by atoms with Crippen molar-refractivity contribution in [2.45, 2.75) is 26.2 Å². The number of anilines is 1. The van der Waals surface area contributed by atoms with Crippen LogP contribution in [0.2, 0.25) is 0 Å². The molecule has 0 saturated carbocycles. The molecule has 0 N–H and O–H groups in total. The maximum absolute atomic E-state index is 11.4. The molecule has 2 saturated heterocycles. The van der Waals surface area contributed by atoms with E-state index in [1.807, 2.05) is 25.1 Å². The Labute approximate surface area is 126 Å². The van der Waals surface area contributed by atoms with E-state index in [0.29, 0.717) is 12.2 Å². The predicted octanol–water partition coefficient (Wildman–Crippen LogP) is 2.43. The molecule has 0 bridgehead atoms. The van der Waals surface area contributed by atoms with Gasteiger partial charge in [0.15, 0.2) is 0 Å². The third-order valence-corrected chi connectivity index (χ3v) is 4.91. The molecule has 0 radical (unpaired) electrons. The van der Waals surface area contributed by atoms with E-state index < -0.39 is 0 Å². The molecule has 0 amide bonds. The molecule has 114 valence electrons. The van der Waals surface area contributed by atoms with Gasteiger partial charge >= 0.3 is 5.97 Å². The zero-order valence-electron chi connectivity index (χ0n) is 12.9. The van der Waals surface area contributed by atoms with Crippen molar-refractivity contribution in [1.82, 2.24) is 0 Å². The second kappa shape index (κ2) is 6.06. The molecule has 4 heteroatoms. The maximum Gasteiger partial charge on any atom is 0.310 e. The second-order valence-electron chi connectivity index (χ2n) is 6.26. The highest BCUT2D eigenvalue weighted by atomic mass is 16.5. The lowest BCUT2D eigenvalue weighted by Gasteiger charge is -2.42. The van der Waals surface area contributed by atoms with Gasteiger partial charge in [0.2, 0.25) is 0 Å². The van der Waals surface area contributed by atoms with Crippen molar-refractivity contribution >= 4 is 11.7 Å². The van der Waals surface area contributed by atoms with Crippen LogP contribution in [0.25, 0.3) is 0 Å². The molecule has 0 unspecified atom stereocenters. The average molecular weight is 289 g/mol. The van der Waals surface area contributed by atoms with E-state index in [2.05, 4.69) is 11.0 Å². The first-order valence-electron chi connectivity index (χ1n) is 8.12. The number of carbonyl (C=O) groups is 1. The van der Waals surface area contributed by atoms with Gasteiger partial charge in [-0.1, -0.05) is 13.0 Å². The molecule has 4 nitrogen and oxygen atoms in total. The lowest BCUT2D eigenvalue weighted by atomic mass is 10.2. The summed E-state index contributed by atoms with van der Waals surface area (Å²) in [5.74, 6) is 0.488. The van der Waals surface area contributed by atoms with Gasteiger partial charge in [-0.2, -0.15) is 0 Å². The number of carbonyl (C=O) groups excluding carboxylic acids is 1. The van der Waals surface area contributed by atoms with Crippen LogP contribution in [-0.2, 0) is 4.79 Å². The number of quaternary nitrogens is 1. The van der Waals surface area contributed by atoms with Gasteiger partial charge in [0.1, 0.15) is 5.75 Å². The smallest absolute Gasteiger partial charge is 0.310 e. The van der Waals surface area contributed by atoms with Crippen molar-refractivity contribution in [3.8, 4) is 5.75 Å². The highest BCUT2D eigenvalue weighted by Crippen LogP contribution is 2.27. The van der Waals surface area contributed by atoms with Crippen molar-refractivity contribution < 1.29 is 14.0 Å². The lowest BCUT2D eigenvalue weighted by molar-refractivity contribution is -0.917. The fourth-order valence-corrected chi connectivity index (χ4v) is 3.55. The molecule has 1 spiro atoms. The Morgan fingerprint density at radius 2 is 1.90 bits per heavy atom. The topological polar surface area (TPSA) is 29.5 Å². The van der Waals surface area contributed by atoms with Gasteiger partial charge in [-0.3, -0.25) is 4.79 Å². The van der Waals surface area contributed by atoms with Crippen LogP contribution in [0.1, 0.15) is 26.2 Å². The monoisotopic (exact) mass is 289 g/mol. The Balaban J connectivity index is 1.65. The van der Waals surface area contributed by atoms with Gasteiger partial charge in [-0.15, -0.1) is 0 Å². The van der Waals surface area contributed by atoms with Gasteiger partial charge in [0.25, 0.3) is 0 Å². The Morgan fingerprint density at radius 1 is 1.19 bits per heavy atom. The SMILES string of the molecule is CCC(=O)Oc1cccc(N2CC[N+]3(CCCC3)CC2)c1. The highest BCUT2D eigenvalue weighted by Gasteiger charge is 2.35. The van der Waals surface area contributed by atoms with Crippen LogP contribution in [0.5, 0.6) is 5.75 Å². The summed E-state index contributed by atoms with van der Waals surface area (Å²) < 4.78 is 6.64. The summed E-state index contributed by atoms with van der Waals surface area (Å²) in [6.07, 6.45) is 3.19. The standard InChI is InChI=1S/C17H25N2O2/c1-2-17(20)21-16-7-5-6-15(14-16)18-8-12-19(13-9-18)10-3-4-11-19/h5-7,14H,2-4,8-13H2,1H3/q+1. The number of hydrogen-bond acceptors (Lipinski definition) is 3. The number of hydrogen-bond donors (Lipinski definition) is 0. The average Bonchev–Trinajstić information content (AvgIpc) is 2.96. The van der Waals surface area contributed by atoms with E-state index in [1.54, 1.807) is 0 Å². The minimum atomic E-state index is -0.174. The summed E-state index contributed by atoms with van der Waals surface area (Å²) in [6.45, 7) is 9.24. The van der Waals surface area contributed by atoms with E-state index in [4.69, 9.17) is 4.74 Å². The molecule has 2 aliphatic heterocycles. The number of esters is 1. The molecule has 2 heterocycles. The van der Waals surface area contributed by atoms with Crippen LogP contribution < -0.4 is 9.64 Å². The van der Waals surface area contributed by atoms with Crippen molar-refractivity contribution in [3.05, 3.63) is 24.3 Å². The predicted molar refractivity (Wildman–Crippen MR) is 83.5 cm³/mol. The minimum Gasteiger partial charge on any atom is -0.426 e. The fraction of sp³-hybridized carbons (Fsp3) is 0.588. The molecule has 1 aromatic carbocycles. The number of ether oxygens (including phenoxy) is 1. The maximum atomic E-state index is 11.4. The first-order valence-corrected chi connectivity index (χ1v) is 8.12. The lowest BCUT2D eigenvalue weighted by Crippen LogP contribution is -2.58. The van der Waals surface area contributed by atoms with Crippen LogP contribution in [0.15, 0.2) is 24.3 Å². The first-order chi connectivity index (χ1) is 10.2. The van der Waals surface area contributed by atoms with Crippen LogP contribution in [0.4, 0.5) is 5.69 Å². The van der Waals surface area contributed by atoms with Gasteiger partial charge < -0.3 is 14.1 Å². The molecule has 0 atom stereocenters. The zero-order valence-corrected chi connectivity index (χ0v) is 12.9. The highest BCUT2D eigenvalue weighted by molar-refractivity contribution is 5.72. The van der Waals surface area contributed by atoms with Gasteiger partial charge in [0.05, 0.1) is 39.3 Å². The van der Waals surface area contributed by atoms with Crippen molar-refractivity contribution in [2.24, 2.45) is 0 Å². The zero-order chi connectivity index (χ0) is 14.7. The molecular formula is C17H25N2O2+. The van der Waals surface area contributed by atoms with E-state index in [1.165, 1.54) is 49.2 Å². The van der Waals surface area contributed by atoms with E-state index >= 15 is 0 Å². The van der Waals surface area contributed by atoms with E-state index in [-0.39, 0.29) is 5.97 Å². The molecule has 21 heavy (non-hydrogen) atoms. The van der Waals surface area contributed by atoms with Crippen LogP contribution in [-0.4, -0.2) is 49.7 Å². The molecule has 2 fully saturated rings. The Bertz CT molecular complexity index is 499. The summed E-state index contributed by atoms with van der Waals surface area (Å²) in [7, 11) is 0. The normalized spacial score (nSPS) is 20.7. The summed E-state index contributed by atoms with van der Waals surface area (Å²) in [5.41, 5.74) is 1.17. The Hall–Kier alpha value is -1.55. The molecule has 2 aliphatic rings. The first kappa shape index (κ1) is 14.4. The minimum absolute atomic E-state index is 0.174. The molecule has 1 aromatic rings. The van der Waals surface area contributed by atoms with Gasteiger partial charge in [0, 0.05) is 31.0 Å². The van der Waals surface area contributed by atoms with Crippen LogP contribution in [0.3, 0.4) is 0 Å². The Morgan fingerprint density at radius 3 is 2.57 bits per heavy atom. The second-order valence-corrected chi connectivity index (χ2v) is 6.26. The van der Waals surface area contributed by atoms with Gasteiger partial charge in [-0.25, -0.2) is 0 Å². The summed E-state index contributed by atoms with van der Waals surface area (Å²) in [4.78, 5) is 13.8. The quantitative estimate of drug-likeness (QED) is 0.486. The van der Waals surface area contributed by atoms with Crippen molar-refractivity contribution in [1.29, 1.82) is 0 Å². The number of rotatable bonds is 3. The van der Waals surface area contributed by atoms with Crippen molar-refractivity contribution in [2.75, 3.05) is 44.2 Å². The van der Waals surface area contributed by atoms with Crippen LogP contribution >= 0.6 is 0 Å².